The fraction of sp³-hybridized carbons (Fsp3) is 0.156. The number of nitrogens with one attached hydrogen (secondary N) is 1. The summed E-state index contributed by atoms with van der Waals surface area (Å²) >= 11 is 0. The fourth-order valence-electron chi connectivity index (χ4n) is 4.50. The lowest BCUT2D eigenvalue weighted by atomic mass is 10.1. The lowest BCUT2D eigenvalue weighted by molar-refractivity contribution is 0.0650. The zero-order valence-electron chi connectivity index (χ0n) is 22.6. The van der Waals surface area contributed by atoms with E-state index in [9.17, 15) is 18.9 Å². The first-order valence-electron chi connectivity index (χ1n) is 13.4. The minimum absolute atomic E-state index is 0.00216. The number of ether oxygens (including phenoxy) is 1. The van der Waals surface area contributed by atoms with E-state index >= 15 is 0 Å². The second kappa shape index (κ2) is 13.2. The minimum Gasteiger partial charge on any atom is -0.445 e. The van der Waals surface area contributed by atoms with E-state index in [4.69, 9.17) is 13.8 Å². The van der Waals surface area contributed by atoms with Crippen LogP contribution in [0, 0.1) is 0 Å². The van der Waals surface area contributed by atoms with E-state index in [1.54, 1.807) is 84.9 Å². The molecule has 4 aromatic rings. The highest BCUT2D eigenvalue weighted by Gasteiger charge is 2.42. The normalized spacial score (nSPS) is 13.3. The van der Waals surface area contributed by atoms with Crippen molar-refractivity contribution in [2.24, 2.45) is 0 Å². The van der Waals surface area contributed by atoms with Gasteiger partial charge in [0.25, 0.3) is 11.8 Å². The highest BCUT2D eigenvalue weighted by molar-refractivity contribution is 7.55. The molecule has 42 heavy (non-hydrogen) atoms. The second-order valence-electron chi connectivity index (χ2n) is 9.52. The average molecular weight is 585 g/mol. The summed E-state index contributed by atoms with van der Waals surface area (Å²) in [5, 5.41) is 2.67. The number of rotatable bonds is 12. The monoisotopic (exact) mass is 584 g/mol. The molecule has 9 nitrogen and oxygen atoms in total. The molecule has 214 valence electrons. The van der Waals surface area contributed by atoms with Crippen molar-refractivity contribution in [2.75, 3.05) is 6.54 Å². The molecule has 0 fully saturated rings. The van der Waals surface area contributed by atoms with E-state index < -0.39 is 31.3 Å². The van der Waals surface area contributed by atoms with Crippen LogP contribution in [0.15, 0.2) is 115 Å². The van der Waals surface area contributed by atoms with Crippen molar-refractivity contribution in [1.82, 2.24) is 10.2 Å². The average Bonchev–Trinajstić information content (AvgIpc) is 3.26. The van der Waals surface area contributed by atoms with Crippen LogP contribution in [0.3, 0.4) is 0 Å². The molecule has 5 rings (SSSR count). The van der Waals surface area contributed by atoms with Gasteiger partial charge in [-0.05, 0) is 54.8 Å². The zero-order valence-corrected chi connectivity index (χ0v) is 23.5. The third-order valence-corrected chi connectivity index (χ3v) is 8.65. The standard InChI is InChI=1S/C32H29N2O7P/c35-30-27-19-10-11-20-28(27)31(36)34(30)22-12-21-29(33-32(37)39-23-24-13-4-1-5-14-24)42(38,40-25-15-6-2-7-16-25)41-26-17-8-3-9-18-26/h1-11,13-20,29H,12,21-23H2,(H,33,37). The molecule has 0 saturated carbocycles. The highest BCUT2D eigenvalue weighted by atomic mass is 31.2. The molecule has 1 unspecified atom stereocenters. The Morgan fingerprint density at radius 2 is 1.19 bits per heavy atom. The first kappa shape index (κ1) is 28.6. The van der Waals surface area contributed by atoms with E-state index in [1.165, 1.54) is 0 Å². The molecular weight excluding hydrogens is 555 g/mol. The van der Waals surface area contributed by atoms with Crippen molar-refractivity contribution in [3.8, 4) is 11.5 Å². The van der Waals surface area contributed by atoms with Crippen molar-refractivity contribution in [1.29, 1.82) is 0 Å². The maximum atomic E-state index is 14.5. The molecule has 1 atom stereocenters. The number of imide groups is 1. The quantitative estimate of drug-likeness (QED) is 0.146. The van der Waals surface area contributed by atoms with Crippen molar-refractivity contribution in [3.63, 3.8) is 0 Å². The van der Waals surface area contributed by atoms with Crippen molar-refractivity contribution < 1.29 is 32.7 Å². The van der Waals surface area contributed by atoms with Gasteiger partial charge in [-0.2, -0.15) is 0 Å². The Morgan fingerprint density at radius 1 is 0.714 bits per heavy atom. The Balaban J connectivity index is 1.36. The summed E-state index contributed by atoms with van der Waals surface area (Å²) < 4.78 is 31.9. The number of carbonyl (C=O) groups excluding carboxylic acids is 3. The molecule has 0 aromatic heterocycles. The third-order valence-electron chi connectivity index (χ3n) is 6.57. The summed E-state index contributed by atoms with van der Waals surface area (Å²) in [6.45, 7) is 0.0398. The highest BCUT2D eigenvalue weighted by Crippen LogP contribution is 2.53. The van der Waals surface area contributed by atoms with Gasteiger partial charge in [-0.15, -0.1) is 0 Å². The molecule has 1 N–H and O–H groups in total. The molecule has 10 heteroatoms. The Hall–Kier alpha value is -4.88. The van der Waals surface area contributed by atoms with Crippen LogP contribution in [-0.2, 0) is 15.9 Å². The molecule has 0 saturated heterocycles. The van der Waals surface area contributed by atoms with Gasteiger partial charge in [0.05, 0.1) is 11.1 Å². The Labute approximate surface area is 243 Å². The maximum Gasteiger partial charge on any atom is 0.453 e. The Morgan fingerprint density at radius 3 is 1.71 bits per heavy atom. The number of benzene rings is 4. The van der Waals surface area contributed by atoms with Crippen LogP contribution in [0.2, 0.25) is 0 Å². The van der Waals surface area contributed by atoms with Gasteiger partial charge in [0.2, 0.25) is 0 Å². The summed E-state index contributed by atoms with van der Waals surface area (Å²) in [6.07, 6.45) is -0.571. The van der Waals surface area contributed by atoms with Crippen LogP contribution in [-0.4, -0.2) is 35.1 Å². The second-order valence-corrected chi connectivity index (χ2v) is 11.6. The lowest BCUT2D eigenvalue weighted by Crippen LogP contribution is -2.38. The van der Waals surface area contributed by atoms with Crippen LogP contribution in [0.1, 0.15) is 39.1 Å². The van der Waals surface area contributed by atoms with Crippen LogP contribution in [0.5, 0.6) is 11.5 Å². The largest absolute Gasteiger partial charge is 0.453 e. The molecule has 1 heterocycles. The van der Waals surface area contributed by atoms with Crippen molar-refractivity contribution in [3.05, 3.63) is 132 Å². The van der Waals surface area contributed by atoms with Crippen molar-refractivity contribution in [2.45, 2.75) is 25.2 Å². The Kier molecular flexibility index (Phi) is 8.99. The first-order chi connectivity index (χ1) is 20.4. The molecule has 0 aliphatic carbocycles. The molecule has 1 aliphatic heterocycles. The summed E-state index contributed by atoms with van der Waals surface area (Å²) in [5.41, 5.74) is 1.46. The van der Waals surface area contributed by atoms with Gasteiger partial charge in [-0.25, -0.2) is 9.36 Å². The van der Waals surface area contributed by atoms with Gasteiger partial charge in [0.15, 0.2) is 5.78 Å². The number of para-hydroxylation sites is 2. The van der Waals surface area contributed by atoms with Gasteiger partial charge in [-0.1, -0.05) is 78.9 Å². The molecule has 1 aliphatic rings. The van der Waals surface area contributed by atoms with Gasteiger partial charge in [0, 0.05) is 6.54 Å². The SMILES string of the molecule is O=C(NC(CCCN1C(=O)c2ccccc2C1=O)P(=O)(Oc1ccccc1)Oc1ccccc1)OCc1ccccc1. The summed E-state index contributed by atoms with van der Waals surface area (Å²) in [5.74, 6) is -1.42. The number of carbonyl (C=O) groups is 3. The molecule has 0 spiro atoms. The number of amides is 3. The fourth-order valence-corrected chi connectivity index (χ4v) is 6.38. The molecule has 0 radical (unpaired) electrons. The van der Waals surface area contributed by atoms with E-state index in [0.29, 0.717) is 11.1 Å². The molecule has 3 amide bonds. The summed E-state index contributed by atoms with van der Waals surface area (Å²) in [4.78, 5) is 39.9. The molecule has 0 bridgehead atoms. The molecule has 4 aromatic carbocycles. The Bertz CT molecular complexity index is 1500. The van der Waals surface area contributed by atoms with Crippen LogP contribution in [0.25, 0.3) is 0 Å². The van der Waals surface area contributed by atoms with E-state index in [2.05, 4.69) is 5.32 Å². The molecular formula is C32H29N2O7P. The van der Waals surface area contributed by atoms with E-state index in [1.807, 2.05) is 30.3 Å². The minimum atomic E-state index is -4.17. The third kappa shape index (κ3) is 6.87. The number of hydrogen-bond acceptors (Lipinski definition) is 7. The van der Waals surface area contributed by atoms with E-state index in [-0.39, 0.29) is 37.5 Å². The van der Waals surface area contributed by atoms with Gasteiger partial charge in [0.1, 0.15) is 18.1 Å². The zero-order chi connectivity index (χ0) is 29.4. The lowest BCUT2D eigenvalue weighted by Gasteiger charge is -2.28. The summed E-state index contributed by atoms with van der Waals surface area (Å²) in [7, 11) is -4.17. The predicted octanol–water partition coefficient (Wildman–Crippen LogP) is 6.67. The van der Waals surface area contributed by atoms with Crippen LogP contribution < -0.4 is 14.4 Å². The van der Waals surface area contributed by atoms with Crippen LogP contribution >= 0.6 is 7.60 Å². The van der Waals surface area contributed by atoms with Gasteiger partial charge in [-0.3, -0.25) is 14.5 Å². The van der Waals surface area contributed by atoms with Crippen molar-refractivity contribution >= 4 is 25.5 Å². The maximum absolute atomic E-state index is 14.5. The topological polar surface area (TPSA) is 111 Å². The number of hydrogen-bond donors (Lipinski definition) is 1. The van der Waals surface area contributed by atoms with Gasteiger partial charge >= 0.3 is 13.7 Å². The smallest absolute Gasteiger partial charge is 0.445 e. The van der Waals surface area contributed by atoms with Crippen LogP contribution in [0.4, 0.5) is 4.79 Å². The number of fused-ring (bicyclic) bond motifs is 1. The van der Waals surface area contributed by atoms with Gasteiger partial charge < -0.3 is 19.1 Å². The predicted molar refractivity (Wildman–Crippen MR) is 156 cm³/mol. The number of nitrogens with zero attached hydrogens (tertiary/aromatic N) is 1. The first-order valence-corrected chi connectivity index (χ1v) is 15.1. The summed E-state index contributed by atoms with van der Waals surface area (Å²) in [6, 6.07) is 32.7. The number of alkyl carbamates (subject to hydrolysis) is 1. The van der Waals surface area contributed by atoms with E-state index in [0.717, 1.165) is 10.5 Å².